The predicted molar refractivity (Wildman–Crippen MR) is 93.4 cm³/mol. The molecule has 0 saturated carbocycles. The Balaban J connectivity index is 1.88. The van der Waals surface area contributed by atoms with Crippen molar-refractivity contribution in [3.63, 3.8) is 0 Å². The molecular weight excluding hydrogens is 362 g/mol. The molecule has 1 unspecified atom stereocenters. The lowest BCUT2D eigenvalue weighted by atomic mass is 10.2. The zero-order valence-corrected chi connectivity index (χ0v) is 14.8. The van der Waals surface area contributed by atoms with E-state index in [-0.39, 0.29) is 11.6 Å². The summed E-state index contributed by atoms with van der Waals surface area (Å²) in [6, 6.07) is 11.7. The lowest BCUT2D eigenvalue weighted by Gasteiger charge is -2.20. The summed E-state index contributed by atoms with van der Waals surface area (Å²) >= 11 is 5.23. The van der Waals surface area contributed by atoms with E-state index < -0.39 is 0 Å². The quantitative estimate of drug-likeness (QED) is 0.732. The van der Waals surface area contributed by atoms with Crippen molar-refractivity contribution in [2.45, 2.75) is 19.5 Å². The van der Waals surface area contributed by atoms with E-state index in [1.165, 1.54) is 9.78 Å². The molecule has 0 saturated heterocycles. The zero-order valence-electron chi connectivity index (χ0n) is 12.4. The van der Waals surface area contributed by atoms with Crippen molar-refractivity contribution in [2.24, 2.45) is 0 Å². The van der Waals surface area contributed by atoms with Crippen LogP contribution in [0.4, 0.5) is 0 Å². The third-order valence-corrected chi connectivity index (χ3v) is 5.49. The second-order valence-corrected chi connectivity index (χ2v) is 7.97. The van der Waals surface area contributed by atoms with Crippen LogP contribution in [0.3, 0.4) is 0 Å². The van der Waals surface area contributed by atoms with Crippen LogP contribution in [0.2, 0.25) is 0 Å². The Morgan fingerprint density at radius 2 is 2.09 bits per heavy atom. The van der Waals surface area contributed by atoms with Crippen LogP contribution in [0.15, 0.2) is 45.0 Å². The monoisotopic (exact) mass is 378 g/mol. The zero-order chi connectivity index (χ0) is 15.7. The first-order valence-electron chi connectivity index (χ1n) is 7.10. The summed E-state index contributed by atoms with van der Waals surface area (Å²) in [6.07, 6.45) is 0. The Morgan fingerprint density at radius 3 is 2.82 bits per heavy atom. The van der Waals surface area contributed by atoms with Gasteiger partial charge >= 0.3 is 0 Å². The highest BCUT2D eigenvalue weighted by Crippen LogP contribution is 2.21. The first-order chi connectivity index (χ1) is 10.5. The van der Waals surface area contributed by atoms with Gasteiger partial charge < -0.3 is 9.88 Å². The molecule has 3 aromatic rings. The highest BCUT2D eigenvalue weighted by molar-refractivity contribution is 9.11. The van der Waals surface area contributed by atoms with Crippen LogP contribution < -0.4 is 10.5 Å². The van der Waals surface area contributed by atoms with Crippen LogP contribution in [0.25, 0.3) is 10.9 Å². The molecule has 114 valence electrons. The third-order valence-electron chi connectivity index (χ3n) is 3.86. The van der Waals surface area contributed by atoms with Crippen molar-refractivity contribution >= 4 is 38.2 Å². The van der Waals surface area contributed by atoms with Crippen LogP contribution >= 0.6 is 27.3 Å². The molecule has 3 rings (SSSR count). The molecule has 6 heteroatoms. The first-order valence-corrected chi connectivity index (χ1v) is 8.71. The van der Waals surface area contributed by atoms with Gasteiger partial charge in [-0.05, 0) is 47.1 Å². The average Bonchev–Trinajstić information content (AvgIpc) is 2.91. The van der Waals surface area contributed by atoms with Crippen molar-refractivity contribution in [2.75, 3.05) is 7.05 Å². The number of fused-ring (bicyclic) bond motifs is 1. The Bertz CT molecular complexity index is 858. The molecule has 2 atom stereocenters. The van der Waals surface area contributed by atoms with Crippen LogP contribution in [0.5, 0.6) is 0 Å². The number of hydrogen-bond acceptors (Lipinski definition) is 3. The number of aromatic nitrogens is 2. The fourth-order valence-corrected chi connectivity index (χ4v) is 4.00. The molecular formula is C16H17BrN3OS+. The largest absolute Gasteiger partial charge is 0.324 e. The fraction of sp³-hybridized carbons (Fsp3) is 0.250. The van der Waals surface area contributed by atoms with Crippen molar-refractivity contribution in [1.29, 1.82) is 0 Å². The number of halogens is 1. The number of quaternary nitrogens is 1. The van der Waals surface area contributed by atoms with Gasteiger partial charge in [0.05, 0.1) is 26.6 Å². The first kappa shape index (κ1) is 15.4. The van der Waals surface area contributed by atoms with Gasteiger partial charge in [0, 0.05) is 0 Å². The number of thiophene rings is 1. The highest BCUT2D eigenvalue weighted by Gasteiger charge is 2.19. The highest BCUT2D eigenvalue weighted by atomic mass is 79.9. The van der Waals surface area contributed by atoms with Gasteiger partial charge in [-0.3, -0.25) is 4.79 Å². The van der Waals surface area contributed by atoms with Gasteiger partial charge in [-0.1, -0.05) is 12.1 Å². The summed E-state index contributed by atoms with van der Waals surface area (Å²) in [5, 5.41) is 0.637. The normalized spacial score (nSPS) is 14.1. The van der Waals surface area contributed by atoms with E-state index in [0.29, 0.717) is 5.39 Å². The average molecular weight is 379 g/mol. The molecule has 2 N–H and O–H groups in total. The molecule has 1 aromatic carbocycles. The molecule has 22 heavy (non-hydrogen) atoms. The van der Waals surface area contributed by atoms with Gasteiger partial charge in [-0.15, -0.1) is 11.3 Å². The third kappa shape index (κ3) is 3.14. The summed E-state index contributed by atoms with van der Waals surface area (Å²) in [5.74, 6) is 0.733. The smallest absolute Gasteiger partial charge is 0.258 e. The number of para-hydroxylation sites is 1. The van der Waals surface area contributed by atoms with E-state index in [2.05, 4.69) is 52.0 Å². The minimum absolute atomic E-state index is 0.0703. The van der Waals surface area contributed by atoms with E-state index in [4.69, 9.17) is 0 Å². The number of hydrogen-bond donors (Lipinski definition) is 2. The summed E-state index contributed by atoms with van der Waals surface area (Å²) < 4.78 is 1.14. The SMILES string of the molecule is C[C@@H](c1nc2ccccc2c(=O)[nH]1)[NH+](C)Cc1ccc(Br)s1. The van der Waals surface area contributed by atoms with Gasteiger partial charge in [-0.2, -0.15) is 0 Å². The number of nitrogens with one attached hydrogen (secondary N) is 2. The van der Waals surface area contributed by atoms with Crippen LogP contribution in [-0.2, 0) is 6.54 Å². The van der Waals surface area contributed by atoms with E-state index >= 15 is 0 Å². The van der Waals surface area contributed by atoms with Crippen molar-refractivity contribution in [3.05, 3.63) is 61.2 Å². The molecule has 0 fully saturated rings. The molecule has 0 bridgehead atoms. The maximum Gasteiger partial charge on any atom is 0.258 e. The van der Waals surface area contributed by atoms with E-state index in [1.54, 1.807) is 17.4 Å². The summed E-state index contributed by atoms with van der Waals surface area (Å²) in [4.78, 5) is 22.3. The second-order valence-electron chi connectivity index (χ2n) is 5.42. The summed E-state index contributed by atoms with van der Waals surface area (Å²) in [6.45, 7) is 2.99. The molecule has 2 heterocycles. The second kappa shape index (κ2) is 6.32. The molecule has 2 aromatic heterocycles. The molecule has 4 nitrogen and oxygen atoms in total. The molecule has 0 aliphatic carbocycles. The van der Waals surface area contributed by atoms with Crippen LogP contribution in [-0.4, -0.2) is 17.0 Å². The maximum atomic E-state index is 12.2. The lowest BCUT2D eigenvalue weighted by Crippen LogP contribution is -3.07. The predicted octanol–water partition coefficient (Wildman–Crippen LogP) is 2.52. The molecule has 0 amide bonds. The van der Waals surface area contributed by atoms with Gasteiger partial charge in [-0.25, -0.2) is 4.98 Å². The fourth-order valence-electron chi connectivity index (χ4n) is 2.42. The van der Waals surface area contributed by atoms with Crippen molar-refractivity contribution in [3.8, 4) is 0 Å². The van der Waals surface area contributed by atoms with Gasteiger partial charge in [0.1, 0.15) is 12.6 Å². The Morgan fingerprint density at radius 1 is 1.32 bits per heavy atom. The molecule has 0 spiro atoms. The van der Waals surface area contributed by atoms with Crippen LogP contribution in [0.1, 0.15) is 23.7 Å². The van der Waals surface area contributed by atoms with Crippen LogP contribution in [0, 0.1) is 0 Å². The van der Waals surface area contributed by atoms with E-state index in [9.17, 15) is 4.79 Å². The summed E-state index contributed by atoms with van der Waals surface area (Å²) in [7, 11) is 2.12. The van der Waals surface area contributed by atoms with Gasteiger partial charge in [0.2, 0.25) is 0 Å². The van der Waals surface area contributed by atoms with Crippen molar-refractivity contribution in [1.82, 2.24) is 9.97 Å². The van der Waals surface area contributed by atoms with Crippen molar-refractivity contribution < 1.29 is 4.90 Å². The molecule has 0 aliphatic heterocycles. The van der Waals surface area contributed by atoms with Gasteiger partial charge in [0.15, 0.2) is 5.82 Å². The number of aromatic amines is 1. The molecule has 0 aliphatic rings. The minimum Gasteiger partial charge on any atom is -0.324 e. The van der Waals surface area contributed by atoms with E-state index in [0.717, 1.165) is 21.7 Å². The lowest BCUT2D eigenvalue weighted by molar-refractivity contribution is -0.924. The Labute approximate surface area is 140 Å². The minimum atomic E-state index is -0.0703. The van der Waals surface area contributed by atoms with Gasteiger partial charge in [0.25, 0.3) is 5.56 Å². The maximum absolute atomic E-state index is 12.2. The number of nitrogens with zero attached hydrogens (tertiary/aromatic N) is 1. The number of benzene rings is 1. The standard InChI is InChI=1S/C16H16BrN3OS/c1-10(20(2)9-11-7-8-14(17)22-11)15-18-13-6-4-3-5-12(13)16(21)19-15/h3-8,10H,9H2,1-2H3,(H,18,19,21)/p+1/t10-/m0/s1. The Kier molecular flexibility index (Phi) is 4.42. The number of rotatable bonds is 4. The van der Waals surface area contributed by atoms with E-state index in [1.807, 2.05) is 18.2 Å². The summed E-state index contributed by atoms with van der Waals surface area (Å²) in [5.41, 5.74) is 0.680. The Hall–Kier alpha value is -1.50. The topological polar surface area (TPSA) is 50.2 Å². The number of H-pyrrole nitrogens is 1. The molecule has 0 radical (unpaired) electrons.